The van der Waals surface area contributed by atoms with Crippen molar-refractivity contribution in [2.75, 3.05) is 24.7 Å². The van der Waals surface area contributed by atoms with Crippen molar-refractivity contribution < 1.29 is 17.9 Å². The monoisotopic (exact) mass is 354 g/mol. The molecular formula is C17H26N2O4S. The van der Waals surface area contributed by atoms with Gasteiger partial charge in [0.15, 0.2) is 14.6 Å². The van der Waals surface area contributed by atoms with Crippen molar-refractivity contribution in [2.24, 2.45) is 0 Å². The maximum Gasteiger partial charge on any atom is 0.245 e. The molecule has 24 heavy (non-hydrogen) atoms. The summed E-state index contributed by atoms with van der Waals surface area (Å²) in [4.78, 5) is 12.7. The van der Waals surface area contributed by atoms with E-state index in [2.05, 4.69) is 10.6 Å². The van der Waals surface area contributed by atoms with E-state index in [-0.39, 0.29) is 18.4 Å². The molecular weight excluding hydrogens is 328 g/mol. The summed E-state index contributed by atoms with van der Waals surface area (Å²) in [5, 5.41) is 5.85. The summed E-state index contributed by atoms with van der Waals surface area (Å²) < 4.78 is 28.9. The minimum Gasteiger partial charge on any atom is -0.488 e. The molecule has 0 spiro atoms. The Morgan fingerprint density at radius 3 is 2.17 bits per heavy atom. The molecule has 7 heteroatoms. The van der Waals surface area contributed by atoms with Crippen LogP contribution in [0, 0.1) is 0 Å². The summed E-state index contributed by atoms with van der Waals surface area (Å²) in [5.41, 5.74) is 0.253. The van der Waals surface area contributed by atoms with Crippen molar-refractivity contribution in [1.82, 2.24) is 5.32 Å². The third-order valence-electron chi connectivity index (χ3n) is 4.07. The molecule has 6 nitrogen and oxygen atoms in total. The molecule has 1 fully saturated rings. The van der Waals surface area contributed by atoms with Crippen molar-refractivity contribution in [1.29, 1.82) is 0 Å². The summed E-state index contributed by atoms with van der Waals surface area (Å²) in [5.74, 6) is 0.233. The fourth-order valence-corrected chi connectivity index (χ4v) is 4.14. The minimum atomic E-state index is -3.52. The van der Waals surface area contributed by atoms with Gasteiger partial charge >= 0.3 is 0 Å². The van der Waals surface area contributed by atoms with Crippen LogP contribution in [0.1, 0.15) is 33.6 Å². The van der Waals surface area contributed by atoms with Crippen molar-refractivity contribution in [3.8, 4) is 5.75 Å². The standard InChI is InChI=1S/C17H26N2O4S/c1-16(2,3)23-14-7-5-13(6-8-14)19-15(20)17(24(4,21)22)9-11-18-12-10-17/h5-8,18H,9-12H2,1-4H3,(H,19,20). The molecule has 0 aromatic heterocycles. The first-order valence-corrected chi connectivity index (χ1v) is 9.94. The van der Waals surface area contributed by atoms with Gasteiger partial charge in [-0.1, -0.05) is 0 Å². The van der Waals surface area contributed by atoms with E-state index in [1.807, 2.05) is 20.8 Å². The molecule has 134 valence electrons. The number of nitrogens with one attached hydrogen (secondary N) is 2. The molecule has 2 rings (SSSR count). The lowest BCUT2D eigenvalue weighted by Gasteiger charge is -2.34. The van der Waals surface area contributed by atoms with Crippen molar-refractivity contribution in [2.45, 2.75) is 44.0 Å². The molecule has 0 bridgehead atoms. The van der Waals surface area contributed by atoms with Gasteiger partial charge in [-0.25, -0.2) is 8.42 Å². The molecule has 1 aliphatic rings. The van der Waals surface area contributed by atoms with E-state index in [0.29, 0.717) is 24.5 Å². The molecule has 2 N–H and O–H groups in total. The van der Waals surface area contributed by atoms with E-state index in [1.165, 1.54) is 0 Å². The third kappa shape index (κ3) is 4.27. The van der Waals surface area contributed by atoms with Gasteiger partial charge in [0.25, 0.3) is 0 Å². The molecule has 1 aromatic rings. The van der Waals surface area contributed by atoms with Crippen LogP contribution < -0.4 is 15.4 Å². The average Bonchev–Trinajstić information content (AvgIpc) is 2.47. The van der Waals surface area contributed by atoms with E-state index in [9.17, 15) is 13.2 Å². The van der Waals surface area contributed by atoms with Gasteiger partial charge in [0, 0.05) is 11.9 Å². The Balaban J connectivity index is 2.16. The van der Waals surface area contributed by atoms with Gasteiger partial charge in [0.1, 0.15) is 11.4 Å². The second-order valence-electron chi connectivity index (χ2n) is 7.21. The normalized spacial score (nSPS) is 18.0. The van der Waals surface area contributed by atoms with Crippen molar-refractivity contribution in [3.05, 3.63) is 24.3 Å². The number of ether oxygens (including phenoxy) is 1. The Hall–Kier alpha value is -1.60. The zero-order valence-electron chi connectivity index (χ0n) is 14.7. The van der Waals surface area contributed by atoms with Gasteiger partial charge in [0.05, 0.1) is 0 Å². The maximum absolute atomic E-state index is 12.7. The lowest BCUT2D eigenvalue weighted by atomic mass is 9.95. The summed E-state index contributed by atoms with van der Waals surface area (Å²) in [6, 6.07) is 6.96. The van der Waals surface area contributed by atoms with Crippen molar-refractivity contribution >= 4 is 21.4 Å². The van der Waals surface area contributed by atoms with Gasteiger partial charge in [-0.3, -0.25) is 4.79 Å². The zero-order valence-corrected chi connectivity index (χ0v) is 15.5. The number of hydrogen-bond donors (Lipinski definition) is 2. The maximum atomic E-state index is 12.7. The predicted molar refractivity (Wildman–Crippen MR) is 95.1 cm³/mol. The molecule has 1 aromatic carbocycles. The topological polar surface area (TPSA) is 84.5 Å². The fraction of sp³-hybridized carbons (Fsp3) is 0.588. The highest BCUT2D eigenvalue weighted by atomic mass is 32.2. The van der Waals surface area contributed by atoms with E-state index in [1.54, 1.807) is 24.3 Å². The molecule has 1 amide bonds. The summed E-state index contributed by atoms with van der Waals surface area (Å²) in [6.45, 7) is 6.89. The molecule has 0 unspecified atom stereocenters. The average molecular weight is 354 g/mol. The van der Waals surface area contributed by atoms with E-state index < -0.39 is 20.5 Å². The molecule has 0 saturated carbocycles. The number of carbonyl (C=O) groups is 1. The Bertz CT molecular complexity index is 684. The lowest BCUT2D eigenvalue weighted by Crippen LogP contribution is -2.55. The number of hydrogen-bond acceptors (Lipinski definition) is 5. The smallest absolute Gasteiger partial charge is 0.245 e. The lowest BCUT2D eigenvalue weighted by molar-refractivity contribution is -0.119. The first kappa shape index (κ1) is 18.7. The largest absolute Gasteiger partial charge is 0.488 e. The van der Waals surface area contributed by atoms with Crippen LogP contribution in [-0.4, -0.2) is 44.0 Å². The quantitative estimate of drug-likeness (QED) is 0.863. The number of benzene rings is 1. The van der Waals surface area contributed by atoms with Gasteiger partial charge in [-0.15, -0.1) is 0 Å². The second-order valence-corrected chi connectivity index (χ2v) is 9.54. The number of piperidine rings is 1. The Morgan fingerprint density at radius 2 is 1.71 bits per heavy atom. The number of sulfone groups is 1. The van der Waals surface area contributed by atoms with Crippen molar-refractivity contribution in [3.63, 3.8) is 0 Å². The fourth-order valence-electron chi connectivity index (χ4n) is 2.80. The van der Waals surface area contributed by atoms with Crippen LogP contribution in [0.4, 0.5) is 5.69 Å². The minimum absolute atomic E-state index is 0.281. The van der Waals surface area contributed by atoms with Gasteiger partial charge in [0.2, 0.25) is 5.91 Å². The number of amides is 1. The SMILES string of the molecule is CC(C)(C)Oc1ccc(NC(=O)C2(S(C)(=O)=O)CCNCC2)cc1. The van der Waals surface area contributed by atoms with E-state index >= 15 is 0 Å². The molecule has 0 radical (unpaired) electrons. The Labute approximate surface area is 143 Å². The number of rotatable bonds is 4. The van der Waals surface area contributed by atoms with Gasteiger partial charge in [-0.05, 0) is 71.0 Å². The number of anilines is 1. The van der Waals surface area contributed by atoms with Crippen LogP contribution in [-0.2, 0) is 14.6 Å². The van der Waals surface area contributed by atoms with Crippen LogP contribution in [0.15, 0.2) is 24.3 Å². The zero-order chi connectivity index (χ0) is 18.0. The number of carbonyl (C=O) groups excluding carboxylic acids is 1. The van der Waals surface area contributed by atoms with Crippen LogP contribution >= 0.6 is 0 Å². The Kier molecular flexibility index (Phi) is 5.25. The van der Waals surface area contributed by atoms with Gasteiger partial charge < -0.3 is 15.4 Å². The Morgan fingerprint density at radius 1 is 1.17 bits per heavy atom. The molecule has 1 heterocycles. The molecule has 1 aliphatic heterocycles. The van der Waals surface area contributed by atoms with Crippen LogP contribution in [0.5, 0.6) is 5.75 Å². The predicted octanol–water partition coefficient (Wildman–Crippen LogP) is 1.97. The molecule has 0 atom stereocenters. The third-order valence-corrected chi connectivity index (χ3v) is 6.08. The van der Waals surface area contributed by atoms with Crippen LogP contribution in [0.2, 0.25) is 0 Å². The van der Waals surface area contributed by atoms with E-state index in [0.717, 1.165) is 6.26 Å². The highest BCUT2D eigenvalue weighted by Gasteiger charge is 2.48. The van der Waals surface area contributed by atoms with Gasteiger partial charge in [-0.2, -0.15) is 0 Å². The van der Waals surface area contributed by atoms with Crippen LogP contribution in [0.3, 0.4) is 0 Å². The summed E-state index contributed by atoms with van der Waals surface area (Å²) >= 11 is 0. The summed E-state index contributed by atoms with van der Waals surface area (Å²) in [6.07, 6.45) is 1.70. The summed E-state index contributed by atoms with van der Waals surface area (Å²) in [7, 11) is -3.52. The first-order valence-electron chi connectivity index (χ1n) is 8.04. The molecule has 0 aliphatic carbocycles. The highest BCUT2D eigenvalue weighted by molar-refractivity contribution is 7.92. The first-order chi connectivity index (χ1) is 11.0. The van der Waals surface area contributed by atoms with E-state index in [4.69, 9.17) is 4.74 Å². The van der Waals surface area contributed by atoms with Crippen LogP contribution in [0.25, 0.3) is 0 Å². The molecule has 1 saturated heterocycles. The second kappa shape index (κ2) is 6.72. The highest BCUT2D eigenvalue weighted by Crippen LogP contribution is 2.30.